The van der Waals surface area contributed by atoms with Crippen LogP contribution in [0.15, 0.2) is 36.4 Å². The number of nitrogens with one attached hydrogen (secondary N) is 2. The first-order valence-electron chi connectivity index (χ1n) is 9.75. The average molecular weight is 387 g/mol. The molecule has 1 aromatic heterocycles. The predicted octanol–water partition coefficient (Wildman–Crippen LogP) is 3.49. The highest BCUT2D eigenvalue weighted by molar-refractivity contribution is 7.91. The van der Waals surface area contributed by atoms with Crippen LogP contribution < -0.4 is 10.6 Å². The van der Waals surface area contributed by atoms with Crippen LogP contribution in [0.4, 0.5) is 11.6 Å². The lowest BCUT2D eigenvalue weighted by atomic mass is 9.95. The van der Waals surface area contributed by atoms with Gasteiger partial charge in [-0.2, -0.15) is 0 Å². The van der Waals surface area contributed by atoms with Gasteiger partial charge < -0.3 is 10.6 Å². The van der Waals surface area contributed by atoms with Crippen LogP contribution in [0.2, 0.25) is 0 Å². The van der Waals surface area contributed by atoms with E-state index in [0.717, 1.165) is 24.2 Å². The Kier molecular flexibility index (Phi) is 5.29. The highest BCUT2D eigenvalue weighted by Crippen LogP contribution is 2.25. The molecule has 27 heavy (non-hydrogen) atoms. The van der Waals surface area contributed by atoms with Gasteiger partial charge >= 0.3 is 0 Å². The molecule has 7 heteroatoms. The summed E-state index contributed by atoms with van der Waals surface area (Å²) in [5, 5.41) is 6.88. The summed E-state index contributed by atoms with van der Waals surface area (Å²) in [5.74, 6) is 2.56. The van der Waals surface area contributed by atoms with E-state index in [1.165, 1.54) is 19.3 Å². The fourth-order valence-corrected chi connectivity index (χ4v) is 5.56. The number of hydrogen-bond acceptors (Lipinski definition) is 6. The van der Waals surface area contributed by atoms with Crippen molar-refractivity contribution in [3.63, 3.8) is 0 Å². The zero-order chi connectivity index (χ0) is 18.7. The molecule has 0 amide bonds. The molecule has 0 radical (unpaired) electrons. The maximum atomic E-state index is 11.8. The van der Waals surface area contributed by atoms with Crippen LogP contribution in [0, 0.1) is 0 Å². The zero-order valence-electron chi connectivity index (χ0n) is 15.4. The van der Waals surface area contributed by atoms with Crippen molar-refractivity contribution in [1.82, 2.24) is 9.97 Å². The third kappa shape index (κ3) is 4.77. The van der Waals surface area contributed by atoms with Crippen LogP contribution in [-0.4, -0.2) is 42.0 Å². The van der Waals surface area contributed by atoms with Gasteiger partial charge in [0.2, 0.25) is 0 Å². The van der Waals surface area contributed by atoms with E-state index < -0.39 is 9.84 Å². The second-order valence-electron chi connectivity index (χ2n) is 7.55. The summed E-state index contributed by atoms with van der Waals surface area (Å²) < 4.78 is 23.5. The van der Waals surface area contributed by atoms with Crippen LogP contribution in [0.3, 0.4) is 0 Å². The minimum atomic E-state index is -2.93. The Balaban J connectivity index is 1.59. The molecule has 2 aliphatic rings. The highest BCUT2D eigenvalue weighted by atomic mass is 32.2. The van der Waals surface area contributed by atoms with Crippen LogP contribution in [0.25, 0.3) is 11.4 Å². The first-order chi connectivity index (χ1) is 13.1. The zero-order valence-corrected chi connectivity index (χ0v) is 16.2. The standard InChI is InChI=1S/C20H26N4O2S/c25-27(26)12-11-17(14-27)22-19-13-18(21-16-9-5-2-6-10-16)23-20(24-19)15-7-3-1-4-8-15/h1,3-4,7-8,13,16-17H,2,5-6,9-12,14H2,(H2,21,22,23,24). The number of sulfone groups is 1. The van der Waals surface area contributed by atoms with Crippen molar-refractivity contribution >= 4 is 21.5 Å². The number of benzene rings is 1. The van der Waals surface area contributed by atoms with E-state index in [1.54, 1.807) is 0 Å². The first-order valence-corrected chi connectivity index (χ1v) is 11.6. The largest absolute Gasteiger partial charge is 0.367 e. The molecule has 0 bridgehead atoms. The van der Waals surface area contributed by atoms with Gasteiger partial charge in [0.1, 0.15) is 11.6 Å². The van der Waals surface area contributed by atoms with Crippen LogP contribution >= 0.6 is 0 Å². The molecule has 1 aliphatic heterocycles. The summed E-state index contributed by atoms with van der Waals surface area (Å²) in [7, 11) is -2.93. The van der Waals surface area contributed by atoms with Gasteiger partial charge in [0.15, 0.2) is 15.7 Å². The second-order valence-corrected chi connectivity index (χ2v) is 9.78. The van der Waals surface area contributed by atoms with Crippen molar-refractivity contribution in [1.29, 1.82) is 0 Å². The molecular formula is C20H26N4O2S. The van der Waals surface area contributed by atoms with Gasteiger partial charge in [-0.25, -0.2) is 18.4 Å². The van der Waals surface area contributed by atoms with Crippen molar-refractivity contribution < 1.29 is 8.42 Å². The van der Waals surface area contributed by atoms with Gasteiger partial charge in [-0.05, 0) is 19.3 Å². The van der Waals surface area contributed by atoms with E-state index >= 15 is 0 Å². The molecule has 2 N–H and O–H groups in total. The Labute approximate surface area is 160 Å². The number of anilines is 2. The molecule has 0 spiro atoms. The van der Waals surface area contributed by atoms with Crippen LogP contribution in [0.5, 0.6) is 0 Å². The van der Waals surface area contributed by atoms with Gasteiger partial charge in [-0.1, -0.05) is 49.6 Å². The fourth-order valence-electron chi connectivity index (χ4n) is 3.89. The van der Waals surface area contributed by atoms with E-state index in [1.807, 2.05) is 36.4 Å². The molecule has 1 aliphatic carbocycles. The van der Waals surface area contributed by atoms with Crippen LogP contribution in [-0.2, 0) is 9.84 Å². The number of nitrogens with zero attached hydrogens (tertiary/aromatic N) is 2. The molecule has 4 rings (SSSR count). The van der Waals surface area contributed by atoms with Crippen molar-refractivity contribution in [2.75, 3.05) is 22.1 Å². The van der Waals surface area contributed by atoms with Crippen molar-refractivity contribution in [2.24, 2.45) is 0 Å². The summed E-state index contributed by atoms with van der Waals surface area (Å²) in [6, 6.07) is 12.1. The minimum absolute atomic E-state index is 0.0870. The molecule has 2 heterocycles. The maximum absolute atomic E-state index is 11.8. The Hall–Kier alpha value is -2.15. The predicted molar refractivity (Wildman–Crippen MR) is 109 cm³/mol. The molecule has 144 valence electrons. The lowest BCUT2D eigenvalue weighted by Crippen LogP contribution is -2.24. The van der Waals surface area contributed by atoms with Gasteiger partial charge in [0.05, 0.1) is 11.5 Å². The number of aromatic nitrogens is 2. The third-order valence-electron chi connectivity index (χ3n) is 5.30. The van der Waals surface area contributed by atoms with E-state index in [2.05, 4.69) is 15.6 Å². The highest BCUT2D eigenvalue weighted by Gasteiger charge is 2.28. The summed E-state index contributed by atoms with van der Waals surface area (Å²) in [6.07, 6.45) is 6.75. The summed E-state index contributed by atoms with van der Waals surface area (Å²) in [6.45, 7) is 0. The van der Waals surface area contributed by atoms with Gasteiger partial charge in [0.25, 0.3) is 0 Å². The lowest BCUT2D eigenvalue weighted by Gasteiger charge is -2.24. The van der Waals surface area contributed by atoms with E-state index in [0.29, 0.717) is 24.1 Å². The molecule has 2 fully saturated rings. The molecule has 1 atom stereocenters. The monoisotopic (exact) mass is 386 g/mol. The summed E-state index contributed by atoms with van der Waals surface area (Å²) in [4.78, 5) is 9.37. The fraction of sp³-hybridized carbons (Fsp3) is 0.500. The Morgan fingerprint density at radius 1 is 0.852 bits per heavy atom. The molecule has 1 unspecified atom stereocenters. The van der Waals surface area contributed by atoms with Gasteiger partial charge in [-0.3, -0.25) is 0 Å². The SMILES string of the molecule is O=S1(=O)CCC(Nc2cc(NC3CCCCC3)nc(-c3ccccc3)n2)C1. The van der Waals surface area contributed by atoms with E-state index in [4.69, 9.17) is 4.98 Å². The van der Waals surface area contributed by atoms with E-state index in [9.17, 15) is 8.42 Å². The molecular weight excluding hydrogens is 360 g/mol. The Bertz CT molecular complexity index is 880. The summed E-state index contributed by atoms with van der Waals surface area (Å²) >= 11 is 0. The molecule has 1 aromatic carbocycles. The third-order valence-corrected chi connectivity index (χ3v) is 7.07. The van der Waals surface area contributed by atoms with Gasteiger partial charge in [-0.15, -0.1) is 0 Å². The molecule has 2 aromatic rings. The minimum Gasteiger partial charge on any atom is -0.367 e. The van der Waals surface area contributed by atoms with Crippen molar-refractivity contribution in [2.45, 2.75) is 50.6 Å². The maximum Gasteiger partial charge on any atom is 0.163 e. The average Bonchev–Trinajstić information content (AvgIpc) is 3.01. The summed E-state index contributed by atoms with van der Waals surface area (Å²) in [5.41, 5.74) is 0.951. The number of hydrogen-bond donors (Lipinski definition) is 2. The molecule has 6 nitrogen and oxygen atoms in total. The first kappa shape index (κ1) is 18.2. The normalized spacial score (nSPS) is 22.4. The molecule has 1 saturated heterocycles. The Morgan fingerprint density at radius 2 is 1.52 bits per heavy atom. The van der Waals surface area contributed by atoms with Gasteiger partial charge in [0, 0.05) is 23.7 Å². The lowest BCUT2D eigenvalue weighted by molar-refractivity contribution is 0.462. The quantitative estimate of drug-likeness (QED) is 0.818. The van der Waals surface area contributed by atoms with E-state index in [-0.39, 0.29) is 17.5 Å². The number of rotatable bonds is 5. The van der Waals surface area contributed by atoms with Crippen LogP contribution in [0.1, 0.15) is 38.5 Å². The second kappa shape index (κ2) is 7.84. The topological polar surface area (TPSA) is 84.0 Å². The molecule has 1 saturated carbocycles. The van der Waals surface area contributed by atoms with Crippen molar-refractivity contribution in [3.05, 3.63) is 36.4 Å². The van der Waals surface area contributed by atoms with Crippen molar-refractivity contribution in [3.8, 4) is 11.4 Å². The smallest absolute Gasteiger partial charge is 0.163 e. The Morgan fingerprint density at radius 3 is 2.15 bits per heavy atom.